The lowest BCUT2D eigenvalue weighted by atomic mass is 10.1. The third-order valence-corrected chi connectivity index (χ3v) is 2.51. The van der Waals surface area contributed by atoms with E-state index in [-0.39, 0.29) is 27.0 Å². The first-order valence-corrected chi connectivity index (χ1v) is 5.06. The lowest BCUT2D eigenvalue weighted by Crippen LogP contribution is -2.25. The number of aromatic hydroxyl groups is 1. The molecule has 0 saturated carbocycles. The van der Waals surface area contributed by atoms with Crippen LogP contribution in [-0.2, 0) is 0 Å². The third-order valence-electron chi connectivity index (χ3n) is 1.92. The number of phenolic OH excluding ortho intramolecular Hbond substituents is 1. The summed E-state index contributed by atoms with van der Waals surface area (Å²) in [5, 5.41) is 23.1. The number of carbonyl (C=O) groups is 1. The van der Waals surface area contributed by atoms with Crippen molar-refractivity contribution in [2.24, 2.45) is 0 Å². The van der Waals surface area contributed by atoms with Gasteiger partial charge in [0.05, 0.1) is 21.3 Å². The number of nitrogens with one attached hydrogen (secondary N) is 2. The molecule has 0 radical (unpaired) electrons. The molecule has 7 heteroatoms. The van der Waals surface area contributed by atoms with Crippen molar-refractivity contribution < 1.29 is 15.0 Å². The van der Waals surface area contributed by atoms with E-state index < -0.39 is 12.6 Å². The molecule has 0 bridgehead atoms. The summed E-state index contributed by atoms with van der Waals surface area (Å²) in [6.45, 7) is -0.526. The molecule has 0 spiro atoms. The Morgan fingerprint density at radius 1 is 1.44 bits per heavy atom. The molecule has 0 heterocycles. The second-order valence-electron chi connectivity index (χ2n) is 2.85. The van der Waals surface area contributed by atoms with E-state index in [9.17, 15) is 9.90 Å². The molecule has 1 amide bonds. The molecular weight excluding hydrogens is 255 g/mol. The van der Waals surface area contributed by atoms with Gasteiger partial charge in [0.1, 0.15) is 6.73 Å². The Hall–Kier alpha value is -1.17. The van der Waals surface area contributed by atoms with Gasteiger partial charge in [-0.1, -0.05) is 23.2 Å². The first kappa shape index (κ1) is 12.9. The Morgan fingerprint density at radius 2 is 2.06 bits per heavy atom. The van der Waals surface area contributed by atoms with Crippen LogP contribution in [0.15, 0.2) is 6.07 Å². The second kappa shape index (κ2) is 5.25. The van der Waals surface area contributed by atoms with Gasteiger partial charge in [-0.15, -0.1) is 0 Å². The molecule has 0 fully saturated rings. The zero-order chi connectivity index (χ0) is 12.3. The van der Waals surface area contributed by atoms with Crippen LogP contribution >= 0.6 is 23.2 Å². The van der Waals surface area contributed by atoms with Gasteiger partial charge in [-0.3, -0.25) is 4.79 Å². The minimum absolute atomic E-state index is 0.0279. The fourth-order valence-electron chi connectivity index (χ4n) is 1.23. The molecule has 0 aromatic heterocycles. The van der Waals surface area contributed by atoms with E-state index in [2.05, 4.69) is 10.6 Å². The number of halogens is 2. The van der Waals surface area contributed by atoms with Crippen molar-refractivity contribution in [3.05, 3.63) is 21.7 Å². The molecule has 0 aliphatic heterocycles. The standard InChI is InChI=1S/C9H10Cl2N2O3/c1-12-7-6(9(16)13-3-14)4(10)2-5(11)8(7)15/h2,12,14-15H,3H2,1H3,(H,13,16). The smallest absolute Gasteiger partial charge is 0.256 e. The average molecular weight is 265 g/mol. The van der Waals surface area contributed by atoms with Crippen LogP contribution in [0.1, 0.15) is 10.4 Å². The molecule has 1 aromatic rings. The van der Waals surface area contributed by atoms with Crippen molar-refractivity contribution in [2.45, 2.75) is 0 Å². The molecule has 0 atom stereocenters. The van der Waals surface area contributed by atoms with Crippen molar-refractivity contribution in [3.8, 4) is 5.75 Å². The van der Waals surface area contributed by atoms with E-state index in [0.717, 1.165) is 0 Å². The van der Waals surface area contributed by atoms with Gasteiger partial charge in [-0.05, 0) is 6.07 Å². The summed E-state index contributed by atoms with van der Waals surface area (Å²) in [5.41, 5.74) is 0.142. The average Bonchev–Trinajstić information content (AvgIpc) is 2.23. The summed E-state index contributed by atoms with van der Waals surface area (Å²) >= 11 is 11.5. The first-order valence-electron chi connectivity index (χ1n) is 4.30. The number of hydrogen-bond acceptors (Lipinski definition) is 4. The minimum Gasteiger partial charge on any atom is -0.504 e. The Morgan fingerprint density at radius 3 is 2.56 bits per heavy atom. The van der Waals surface area contributed by atoms with E-state index in [0.29, 0.717) is 0 Å². The summed E-state index contributed by atoms with van der Waals surface area (Å²) in [5.74, 6) is -0.875. The maximum absolute atomic E-state index is 11.6. The van der Waals surface area contributed by atoms with Gasteiger partial charge < -0.3 is 20.8 Å². The molecule has 0 unspecified atom stereocenters. The van der Waals surface area contributed by atoms with E-state index in [1.54, 1.807) is 0 Å². The Kier molecular flexibility index (Phi) is 4.23. The van der Waals surface area contributed by atoms with E-state index in [1.807, 2.05) is 0 Å². The molecule has 1 rings (SSSR count). The molecule has 5 nitrogen and oxygen atoms in total. The summed E-state index contributed by atoms with van der Waals surface area (Å²) in [7, 11) is 1.51. The minimum atomic E-state index is -0.608. The van der Waals surface area contributed by atoms with E-state index in [1.165, 1.54) is 13.1 Å². The fraction of sp³-hybridized carbons (Fsp3) is 0.222. The number of anilines is 1. The monoisotopic (exact) mass is 264 g/mol. The number of benzene rings is 1. The van der Waals surface area contributed by atoms with E-state index in [4.69, 9.17) is 28.3 Å². The topological polar surface area (TPSA) is 81.6 Å². The maximum atomic E-state index is 11.6. The van der Waals surface area contributed by atoms with Crippen LogP contribution in [0.3, 0.4) is 0 Å². The lowest BCUT2D eigenvalue weighted by molar-refractivity contribution is 0.0911. The predicted octanol–water partition coefficient (Wildman–Crippen LogP) is 1.42. The summed E-state index contributed by atoms with van der Waals surface area (Å²) in [6.07, 6.45) is 0. The van der Waals surface area contributed by atoms with Crippen LogP contribution in [0.5, 0.6) is 5.75 Å². The van der Waals surface area contributed by atoms with Gasteiger partial charge in [-0.25, -0.2) is 0 Å². The quantitative estimate of drug-likeness (QED) is 0.492. The van der Waals surface area contributed by atoms with Gasteiger partial charge >= 0.3 is 0 Å². The summed E-state index contributed by atoms with van der Waals surface area (Å²) in [6, 6.07) is 1.26. The molecule has 4 N–H and O–H groups in total. The van der Waals surface area contributed by atoms with Crippen LogP contribution in [-0.4, -0.2) is 29.9 Å². The molecular formula is C9H10Cl2N2O3. The largest absolute Gasteiger partial charge is 0.504 e. The Labute approximate surface area is 102 Å². The third kappa shape index (κ3) is 2.32. The van der Waals surface area contributed by atoms with Crippen LogP contribution in [0.25, 0.3) is 0 Å². The zero-order valence-electron chi connectivity index (χ0n) is 8.34. The van der Waals surface area contributed by atoms with Crippen molar-refractivity contribution in [1.29, 1.82) is 0 Å². The van der Waals surface area contributed by atoms with Gasteiger partial charge in [0.2, 0.25) is 0 Å². The zero-order valence-corrected chi connectivity index (χ0v) is 9.85. The molecule has 0 aliphatic rings. The van der Waals surface area contributed by atoms with Gasteiger partial charge in [-0.2, -0.15) is 0 Å². The van der Waals surface area contributed by atoms with Crippen LogP contribution in [0.2, 0.25) is 10.0 Å². The highest BCUT2D eigenvalue weighted by molar-refractivity contribution is 6.38. The number of hydrogen-bond donors (Lipinski definition) is 4. The second-order valence-corrected chi connectivity index (χ2v) is 3.67. The molecule has 0 saturated heterocycles. The van der Waals surface area contributed by atoms with Crippen LogP contribution < -0.4 is 10.6 Å². The highest BCUT2D eigenvalue weighted by atomic mass is 35.5. The van der Waals surface area contributed by atoms with Gasteiger partial charge in [0, 0.05) is 7.05 Å². The Balaban J connectivity index is 3.36. The SMILES string of the molecule is CNc1c(O)c(Cl)cc(Cl)c1C(=O)NCO. The number of carbonyl (C=O) groups excluding carboxylic acids is 1. The lowest BCUT2D eigenvalue weighted by Gasteiger charge is -2.13. The number of phenols is 1. The van der Waals surface area contributed by atoms with Crippen molar-refractivity contribution in [2.75, 3.05) is 19.1 Å². The highest BCUT2D eigenvalue weighted by Gasteiger charge is 2.20. The normalized spacial score (nSPS) is 10.0. The van der Waals surface area contributed by atoms with Gasteiger partial charge in [0.25, 0.3) is 5.91 Å². The summed E-state index contributed by atoms with van der Waals surface area (Å²) in [4.78, 5) is 11.6. The number of amides is 1. The van der Waals surface area contributed by atoms with Crippen LogP contribution in [0, 0.1) is 0 Å². The van der Waals surface area contributed by atoms with Gasteiger partial charge in [0.15, 0.2) is 5.75 Å². The maximum Gasteiger partial charge on any atom is 0.256 e. The number of aliphatic hydroxyl groups is 1. The predicted molar refractivity (Wildman–Crippen MR) is 62.2 cm³/mol. The molecule has 88 valence electrons. The molecule has 1 aromatic carbocycles. The summed E-state index contributed by atoms with van der Waals surface area (Å²) < 4.78 is 0. The molecule has 16 heavy (non-hydrogen) atoms. The number of rotatable bonds is 3. The fourth-order valence-corrected chi connectivity index (χ4v) is 1.78. The number of aliphatic hydroxyl groups excluding tert-OH is 1. The van der Waals surface area contributed by atoms with Crippen molar-refractivity contribution >= 4 is 34.8 Å². The van der Waals surface area contributed by atoms with E-state index >= 15 is 0 Å². The highest BCUT2D eigenvalue weighted by Crippen LogP contribution is 2.39. The van der Waals surface area contributed by atoms with Crippen molar-refractivity contribution in [3.63, 3.8) is 0 Å². The van der Waals surface area contributed by atoms with Crippen LogP contribution in [0.4, 0.5) is 5.69 Å². The molecule has 0 aliphatic carbocycles. The Bertz CT molecular complexity index is 424. The van der Waals surface area contributed by atoms with Crippen molar-refractivity contribution in [1.82, 2.24) is 5.32 Å². The first-order chi connectivity index (χ1) is 7.52.